The van der Waals surface area contributed by atoms with Crippen LogP contribution < -0.4 is 4.74 Å². The molecule has 1 aliphatic heterocycles. The third kappa shape index (κ3) is 4.09. The molecule has 0 fully saturated rings. The molecule has 0 amide bonds. The molecule has 0 saturated heterocycles. The van der Waals surface area contributed by atoms with Gasteiger partial charge in [0.15, 0.2) is 0 Å². The number of benzene rings is 2. The largest absolute Gasteiger partial charge is 0.487 e. The van der Waals surface area contributed by atoms with Crippen LogP contribution in [0.4, 0.5) is 17.6 Å². The second-order valence-electron chi connectivity index (χ2n) is 6.09. The van der Waals surface area contributed by atoms with Crippen molar-refractivity contribution in [2.75, 3.05) is 13.7 Å². The van der Waals surface area contributed by atoms with Gasteiger partial charge in [-0.25, -0.2) is 17.6 Å². The van der Waals surface area contributed by atoms with Gasteiger partial charge in [0.05, 0.1) is 11.3 Å². The lowest BCUT2D eigenvalue weighted by atomic mass is 9.94. The fourth-order valence-electron chi connectivity index (χ4n) is 2.91. The summed E-state index contributed by atoms with van der Waals surface area (Å²) < 4.78 is 60.0. The summed E-state index contributed by atoms with van der Waals surface area (Å²) in [5.41, 5.74) is 2.02. The Morgan fingerprint density at radius 1 is 1.11 bits per heavy atom. The molecule has 0 unspecified atom stereocenters. The smallest absolute Gasteiger partial charge is 0.272 e. The Bertz CT molecular complexity index is 947. The monoisotopic (exact) mass is 501 g/mol. The molecule has 7 heteroatoms. The molecule has 0 spiro atoms. The minimum absolute atomic E-state index is 0.271. The Labute approximate surface area is 173 Å². The van der Waals surface area contributed by atoms with Gasteiger partial charge in [-0.15, -0.1) is 0 Å². The summed E-state index contributed by atoms with van der Waals surface area (Å²) in [5, 5.41) is 0. The van der Waals surface area contributed by atoms with Crippen LogP contribution in [0.3, 0.4) is 0 Å². The van der Waals surface area contributed by atoms with E-state index >= 15 is 0 Å². The molecule has 0 aromatic heterocycles. The minimum atomic E-state index is -2.74. The number of rotatable bonds is 5. The lowest BCUT2D eigenvalue weighted by Gasteiger charge is -2.31. The maximum absolute atomic E-state index is 14.9. The van der Waals surface area contributed by atoms with E-state index in [-0.39, 0.29) is 11.3 Å². The summed E-state index contributed by atoms with van der Waals surface area (Å²) in [6, 6.07) is 11.0. The second kappa shape index (κ2) is 8.38. The van der Waals surface area contributed by atoms with Gasteiger partial charge in [-0.05, 0) is 34.2 Å². The zero-order valence-electron chi connectivity index (χ0n) is 14.9. The highest BCUT2D eigenvalue weighted by atomic mass is 127. The van der Waals surface area contributed by atoms with Crippen LogP contribution in [0.25, 0.3) is 11.3 Å². The van der Waals surface area contributed by atoms with E-state index < -0.39 is 24.7 Å². The average molecular weight is 501 g/mol. The van der Waals surface area contributed by atoms with E-state index in [9.17, 15) is 17.6 Å². The lowest BCUT2D eigenvalue weighted by Crippen LogP contribution is -2.22. The summed E-state index contributed by atoms with van der Waals surface area (Å²) in [5.74, 6) is -2.10. The summed E-state index contributed by atoms with van der Waals surface area (Å²) in [7, 11) is 1.67. The van der Waals surface area contributed by atoms with Gasteiger partial charge in [0, 0.05) is 34.0 Å². The third-order valence-corrected chi connectivity index (χ3v) is 5.19. The molecule has 1 aliphatic rings. The number of hydrogen-bond acceptors (Lipinski definition) is 2. The summed E-state index contributed by atoms with van der Waals surface area (Å²) in [6.45, 7) is 3.03. The van der Waals surface area contributed by atoms with Crippen molar-refractivity contribution in [1.82, 2.24) is 4.90 Å². The Hall–Kier alpha value is -2.29. The van der Waals surface area contributed by atoms with Gasteiger partial charge >= 0.3 is 0 Å². The predicted octanol–water partition coefficient (Wildman–Crippen LogP) is 6.26. The number of nitrogens with zero attached hydrogens (tertiary/aromatic N) is 1. The molecule has 0 bridgehead atoms. The number of alkyl halides is 2. The molecule has 0 atom stereocenters. The van der Waals surface area contributed by atoms with E-state index in [4.69, 9.17) is 4.74 Å². The first-order valence-electron chi connectivity index (χ1n) is 8.30. The summed E-state index contributed by atoms with van der Waals surface area (Å²) in [4.78, 5) is 1.62. The number of ether oxygens (including phenoxy) is 1. The highest BCUT2D eigenvalue weighted by Gasteiger charge is 2.28. The molecule has 2 aromatic carbocycles. The van der Waals surface area contributed by atoms with Crippen LogP contribution in [0.2, 0.25) is 0 Å². The van der Waals surface area contributed by atoms with Gasteiger partial charge in [0.25, 0.3) is 6.43 Å². The molecule has 1 heterocycles. The lowest BCUT2D eigenvalue weighted by molar-refractivity contribution is 0.0815. The van der Waals surface area contributed by atoms with Gasteiger partial charge < -0.3 is 9.64 Å². The van der Waals surface area contributed by atoms with Gasteiger partial charge in [-0.1, -0.05) is 36.9 Å². The van der Waals surface area contributed by atoms with Gasteiger partial charge in [-0.3, -0.25) is 0 Å². The number of allylic oxidation sites excluding steroid dienone is 3. The first-order chi connectivity index (χ1) is 13.3. The van der Waals surface area contributed by atoms with E-state index in [1.54, 1.807) is 11.9 Å². The summed E-state index contributed by atoms with van der Waals surface area (Å²) in [6.07, 6.45) is -0.925. The van der Waals surface area contributed by atoms with Crippen molar-refractivity contribution in [3.63, 3.8) is 0 Å². The molecule has 2 aromatic rings. The molecule has 0 radical (unpaired) electrons. The SMILES string of the molecule is C=C1C(I)=CC(c2ccccc2)=C(c2c(F)cc(OCC(F)F)cc2F)N1C. The molecule has 0 aliphatic carbocycles. The molecule has 2 nitrogen and oxygen atoms in total. The molecule has 0 saturated carbocycles. The minimum Gasteiger partial charge on any atom is -0.487 e. The van der Waals surface area contributed by atoms with Crippen molar-refractivity contribution in [2.45, 2.75) is 6.43 Å². The standard InChI is InChI=1S/C21H16F4INO/c1-12-18(26)10-15(13-6-4-3-5-7-13)21(27(12)2)20-16(22)8-14(9-17(20)23)28-11-19(24)25/h3-10,19H,1,11H2,2H3. The van der Waals surface area contributed by atoms with Crippen LogP contribution in [0.15, 0.2) is 64.4 Å². The number of hydrogen-bond donors (Lipinski definition) is 0. The third-order valence-electron chi connectivity index (χ3n) is 4.26. The average Bonchev–Trinajstić information content (AvgIpc) is 2.66. The van der Waals surface area contributed by atoms with Crippen molar-refractivity contribution < 1.29 is 22.3 Å². The molecule has 28 heavy (non-hydrogen) atoms. The second-order valence-corrected chi connectivity index (χ2v) is 7.25. The quantitative estimate of drug-likeness (QED) is 0.355. The number of likely N-dealkylation sites (N-methyl/N-ethyl adjacent to an activating group) is 1. The Morgan fingerprint density at radius 2 is 1.71 bits per heavy atom. The Balaban J connectivity index is 2.19. The van der Waals surface area contributed by atoms with Crippen LogP contribution in [0.1, 0.15) is 11.1 Å². The van der Waals surface area contributed by atoms with Crippen LogP contribution in [0, 0.1) is 11.6 Å². The van der Waals surface area contributed by atoms with Crippen molar-refractivity contribution in [3.8, 4) is 5.75 Å². The van der Waals surface area contributed by atoms with Crippen molar-refractivity contribution in [2.24, 2.45) is 0 Å². The predicted molar refractivity (Wildman–Crippen MR) is 110 cm³/mol. The Kier molecular flexibility index (Phi) is 6.12. The van der Waals surface area contributed by atoms with Crippen LogP contribution in [-0.2, 0) is 0 Å². The van der Waals surface area contributed by atoms with Crippen molar-refractivity contribution in [1.29, 1.82) is 0 Å². The van der Waals surface area contributed by atoms with E-state index in [0.29, 0.717) is 17.0 Å². The molecular formula is C21H16F4INO. The maximum atomic E-state index is 14.9. The van der Waals surface area contributed by atoms with Crippen molar-refractivity contribution >= 4 is 33.9 Å². The first-order valence-corrected chi connectivity index (χ1v) is 9.37. The molecular weight excluding hydrogens is 485 g/mol. The zero-order chi connectivity index (χ0) is 20.4. The highest BCUT2D eigenvalue weighted by Crippen LogP contribution is 2.42. The maximum Gasteiger partial charge on any atom is 0.272 e. The fourth-order valence-corrected chi connectivity index (χ4v) is 3.59. The van der Waals surface area contributed by atoms with Crippen molar-refractivity contribution in [3.05, 3.63) is 87.2 Å². The van der Waals surface area contributed by atoms with Crippen LogP contribution in [0.5, 0.6) is 5.75 Å². The molecule has 146 valence electrons. The summed E-state index contributed by atoms with van der Waals surface area (Å²) >= 11 is 2.12. The van der Waals surface area contributed by atoms with E-state index in [1.165, 1.54) is 0 Å². The molecule has 3 rings (SSSR count). The zero-order valence-corrected chi connectivity index (χ0v) is 17.0. The highest BCUT2D eigenvalue weighted by molar-refractivity contribution is 14.1. The van der Waals surface area contributed by atoms with E-state index in [0.717, 1.165) is 21.3 Å². The van der Waals surface area contributed by atoms with Crippen LogP contribution >= 0.6 is 22.6 Å². The van der Waals surface area contributed by atoms with Crippen LogP contribution in [-0.4, -0.2) is 25.0 Å². The van der Waals surface area contributed by atoms with E-state index in [2.05, 4.69) is 29.2 Å². The first kappa shape index (κ1) is 20.4. The normalized spacial score (nSPS) is 14.6. The Morgan fingerprint density at radius 3 is 2.29 bits per heavy atom. The van der Waals surface area contributed by atoms with Gasteiger partial charge in [-0.2, -0.15) is 0 Å². The van der Waals surface area contributed by atoms with Gasteiger partial charge in [0.1, 0.15) is 24.0 Å². The van der Waals surface area contributed by atoms with E-state index in [1.807, 2.05) is 36.4 Å². The van der Waals surface area contributed by atoms with Gasteiger partial charge in [0.2, 0.25) is 0 Å². The fraction of sp³-hybridized carbons (Fsp3) is 0.143. The topological polar surface area (TPSA) is 12.5 Å². The molecule has 0 N–H and O–H groups in total. The number of halogens is 5.